The van der Waals surface area contributed by atoms with E-state index in [-0.39, 0.29) is 0 Å². The van der Waals surface area contributed by atoms with Crippen molar-refractivity contribution in [3.8, 4) is 0 Å². The largest absolute Gasteiger partial charge is 0.448 e. The topological polar surface area (TPSA) is 151 Å². The molecule has 0 aliphatic carbocycles. The summed E-state index contributed by atoms with van der Waals surface area (Å²) in [6.45, 7) is 11.4. The fourth-order valence-electron chi connectivity index (χ4n) is 4.87. The SMILES string of the molecule is CCCCN(CCCC)c1ccc(NC(=O)OCCS(=O)(=O)CS(=O)(=O)CCOC(=O)Nc2ccc(N(CCCC)CCCC)cc2)cc1. The van der Waals surface area contributed by atoms with Crippen molar-refractivity contribution in [3.63, 3.8) is 0 Å². The summed E-state index contributed by atoms with van der Waals surface area (Å²) in [6.07, 6.45) is 7.01. The minimum atomic E-state index is -4.12. The average molecular weight is 725 g/mol. The highest BCUT2D eigenvalue weighted by Gasteiger charge is 2.23. The third-order valence-corrected chi connectivity index (χ3v) is 12.1. The summed E-state index contributed by atoms with van der Waals surface area (Å²) in [6, 6.07) is 14.7. The molecular weight excluding hydrogens is 669 g/mol. The molecule has 0 saturated carbocycles. The first kappa shape index (κ1) is 41.7. The molecule has 49 heavy (non-hydrogen) atoms. The summed E-state index contributed by atoms with van der Waals surface area (Å²) in [4.78, 5) is 29.1. The number of hydrogen-bond donors (Lipinski definition) is 2. The number of benzene rings is 2. The van der Waals surface area contributed by atoms with Gasteiger partial charge in [0, 0.05) is 48.9 Å². The van der Waals surface area contributed by atoms with E-state index in [2.05, 4.69) is 48.1 Å². The van der Waals surface area contributed by atoms with Crippen molar-refractivity contribution in [2.75, 3.05) is 76.4 Å². The van der Waals surface area contributed by atoms with Gasteiger partial charge in [-0.05, 0) is 74.2 Å². The second kappa shape index (κ2) is 22.2. The maximum Gasteiger partial charge on any atom is 0.411 e. The molecule has 0 atom stereocenters. The lowest BCUT2D eigenvalue weighted by molar-refractivity contribution is 0.167. The van der Waals surface area contributed by atoms with Crippen LogP contribution in [-0.4, -0.2) is 85.0 Å². The van der Waals surface area contributed by atoms with Gasteiger partial charge in [-0.25, -0.2) is 26.4 Å². The molecule has 0 aliphatic heterocycles. The van der Waals surface area contributed by atoms with Gasteiger partial charge in [0.25, 0.3) is 0 Å². The Bertz CT molecular complexity index is 1340. The maximum atomic E-state index is 12.4. The van der Waals surface area contributed by atoms with E-state index in [4.69, 9.17) is 9.47 Å². The Morgan fingerprint density at radius 3 is 1.14 bits per heavy atom. The van der Waals surface area contributed by atoms with E-state index in [9.17, 15) is 26.4 Å². The Labute approximate surface area is 293 Å². The van der Waals surface area contributed by atoms with Gasteiger partial charge < -0.3 is 19.3 Å². The van der Waals surface area contributed by atoms with Gasteiger partial charge in [0.1, 0.15) is 13.2 Å². The molecular formula is C35H56N4O8S2. The van der Waals surface area contributed by atoms with Gasteiger partial charge in [-0.1, -0.05) is 53.4 Å². The Hall–Kier alpha value is -3.52. The molecule has 0 aliphatic rings. The Kier molecular flexibility index (Phi) is 18.9. The van der Waals surface area contributed by atoms with Crippen LogP contribution < -0.4 is 20.4 Å². The van der Waals surface area contributed by atoms with Crippen molar-refractivity contribution in [2.45, 2.75) is 79.1 Å². The first-order valence-electron chi connectivity index (χ1n) is 17.4. The van der Waals surface area contributed by atoms with E-state index in [1.54, 1.807) is 24.3 Å². The van der Waals surface area contributed by atoms with Gasteiger partial charge in [0.15, 0.2) is 24.8 Å². The van der Waals surface area contributed by atoms with Crippen LogP contribution in [-0.2, 0) is 29.1 Å². The minimum absolute atomic E-state index is 0.489. The minimum Gasteiger partial charge on any atom is -0.448 e. The number of amides is 2. The molecule has 14 heteroatoms. The van der Waals surface area contributed by atoms with Crippen LogP contribution in [0.3, 0.4) is 0 Å². The summed E-state index contributed by atoms with van der Waals surface area (Å²) >= 11 is 0. The number of sulfone groups is 2. The molecule has 276 valence electrons. The zero-order chi connectivity index (χ0) is 36.1. The Morgan fingerprint density at radius 2 is 0.857 bits per heavy atom. The molecule has 0 aromatic heterocycles. The number of carbonyl (C=O) groups excluding carboxylic acids is 2. The standard InChI is InChI=1S/C35H56N4O8S2/c1-5-9-21-38(22-10-6-2)32-17-13-30(14-18-32)36-34(40)46-25-27-48(42,43)29-49(44,45)28-26-47-35(41)37-31-15-19-33(20-16-31)39(23-11-7-3)24-12-8-4/h13-20H,5-12,21-29H2,1-4H3,(H,36,40)(H,37,41). The number of rotatable bonds is 24. The highest BCUT2D eigenvalue weighted by Crippen LogP contribution is 2.21. The molecule has 2 aromatic carbocycles. The molecule has 0 bridgehead atoms. The predicted molar refractivity (Wildman–Crippen MR) is 199 cm³/mol. The molecule has 0 saturated heterocycles. The molecule has 0 unspecified atom stereocenters. The lowest BCUT2D eigenvalue weighted by Gasteiger charge is -2.25. The van der Waals surface area contributed by atoms with Crippen molar-refractivity contribution in [2.24, 2.45) is 0 Å². The van der Waals surface area contributed by atoms with Gasteiger partial charge in [0.2, 0.25) is 0 Å². The highest BCUT2D eigenvalue weighted by atomic mass is 32.3. The molecule has 2 rings (SSSR count). The van der Waals surface area contributed by atoms with Gasteiger partial charge in [-0.3, -0.25) is 10.6 Å². The van der Waals surface area contributed by atoms with Crippen molar-refractivity contribution in [1.82, 2.24) is 0 Å². The number of nitrogens with zero attached hydrogens (tertiary/aromatic N) is 2. The predicted octanol–water partition coefficient (Wildman–Crippen LogP) is 7.08. The quantitative estimate of drug-likeness (QED) is 0.115. The first-order valence-corrected chi connectivity index (χ1v) is 21.0. The van der Waals surface area contributed by atoms with Crippen LogP contribution in [0.1, 0.15) is 79.1 Å². The number of hydrogen-bond acceptors (Lipinski definition) is 10. The van der Waals surface area contributed by atoms with E-state index in [0.29, 0.717) is 11.4 Å². The second-order valence-electron chi connectivity index (χ2n) is 12.0. The third kappa shape index (κ3) is 17.1. The zero-order valence-electron chi connectivity index (χ0n) is 29.6. The summed E-state index contributed by atoms with van der Waals surface area (Å²) < 4.78 is 59.8. The van der Waals surface area contributed by atoms with Crippen LogP contribution in [0.2, 0.25) is 0 Å². The number of anilines is 4. The van der Waals surface area contributed by atoms with E-state index < -0.39 is 61.7 Å². The van der Waals surface area contributed by atoms with E-state index in [1.165, 1.54) is 0 Å². The molecule has 0 radical (unpaired) electrons. The van der Waals surface area contributed by atoms with Crippen LogP contribution >= 0.6 is 0 Å². The van der Waals surface area contributed by atoms with Gasteiger partial charge in [0.05, 0.1) is 11.5 Å². The number of carbonyl (C=O) groups is 2. The Morgan fingerprint density at radius 1 is 0.551 bits per heavy atom. The molecule has 0 heterocycles. The van der Waals surface area contributed by atoms with Gasteiger partial charge in [-0.2, -0.15) is 0 Å². The van der Waals surface area contributed by atoms with E-state index in [1.807, 2.05) is 24.3 Å². The monoisotopic (exact) mass is 724 g/mol. The molecule has 12 nitrogen and oxygen atoms in total. The summed E-state index contributed by atoms with van der Waals surface area (Å²) in [5.41, 5.74) is 3.08. The van der Waals surface area contributed by atoms with Crippen molar-refractivity contribution < 1.29 is 35.9 Å². The Balaban J connectivity index is 1.75. The van der Waals surface area contributed by atoms with Crippen molar-refractivity contribution in [1.29, 1.82) is 0 Å². The number of ether oxygens (including phenoxy) is 2. The molecule has 0 fully saturated rings. The van der Waals surface area contributed by atoms with Crippen LogP contribution in [0.25, 0.3) is 0 Å². The fraction of sp³-hybridized carbons (Fsp3) is 0.600. The summed E-state index contributed by atoms with van der Waals surface area (Å²) in [5.74, 6) is -1.35. The van der Waals surface area contributed by atoms with E-state index in [0.717, 1.165) is 88.9 Å². The average Bonchev–Trinajstić information content (AvgIpc) is 3.05. The van der Waals surface area contributed by atoms with Crippen LogP contribution in [0.4, 0.5) is 32.3 Å². The molecule has 2 aromatic rings. The zero-order valence-corrected chi connectivity index (χ0v) is 31.2. The fourth-order valence-corrected chi connectivity index (χ4v) is 8.67. The van der Waals surface area contributed by atoms with Gasteiger partial charge in [-0.15, -0.1) is 0 Å². The second-order valence-corrected chi connectivity index (χ2v) is 16.8. The van der Waals surface area contributed by atoms with E-state index >= 15 is 0 Å². The highest BCUT2D eigenvalue weighted by molar-refractivity contribution is 8.08. The smallest absolute Gasteiger partial charge is 0.411 e. The summed E-state index contributed by atoms with van der Waals surface area (Å²) in [5, 5.41) is 3.96. The lowest BCUT2D eigenvalue weighted by atomic mass is 10.2. The molecule has 2 amide bonds. The third-order valence-electron chi connectivity index (χ3n) is 7.70. The lowest BCUT2D eigenvalue weighted by Crippen LogP contribution is -2.27. The maximum absolute atomic E-state index is 12.4. The van der Waals surface area contributed by atoms with Crippen molar-refractivity contribution in [3.05, 3.63) is 48.5 Å². The summed E-state index contributed by atoms with van der Waals surface area (Å²) in [7, 11) is -8.24. The normalized spacial score (nSPS) is 11.5. The van der Waals surface area contributed by atoms with Crippen molar-refractivity contribution >= 4 is 54.6 Å². The number of nitrogens with one attached hydrogen (secondary N) is 2. The molecule has 0 spiro atoms. The van der Waals surface area contributed by atoms with Gasteiger partial charge >= 0.3 is 12.2 Å². The van der Waals surface area contributed by atoms with Crippen LogP contribution in [0, 0.1) is 0 Å². The number of unbranched alkanes of at least 4 members (excludes halogenated alkanes) is 4. The molecule has 2 N–H and O–H groups in total. The first-order chi connectivity index (χ1) is 23.4. The van der Waals surface area contributed by atoms with Crippen LogP contribution in [0.15, 0.2) is 48.5 Å². The van der Waals surface area contributed by atoms with Crippen LogP contribution in [0.5, 0.6) is 0 Å².